The number of benzene rings is 1. The predicted molar refractivity (Wildman–Crippen MR) is 77.0 cm³/mol. The summed E-state index contributed by atoms with van der Waals surface area (Å²) in [5, 5.41) is 22.8. The summed E-state index contributed by atoms with van der Waals surface area (Å²) in [5.41, 5.74) is -0.00857. The highest BCUT2D eigenvalue weighted by Crippen LogP contribution is 2.30. The molecule has 1 amide bonds. The first-order valence-corrected chi connectivity index (χ1v) is 7.00. The van der Waals surface area contributed by atoms with Gasteiger partial charge in [0.1, 0.15) is 17.1 Å². The molecule has 0 saturated heterocycles. The van der Waals surface area contributed by atoms with Crippen molar-refractivity contribution in [3.63, 3.8) is 0 Å². The number of phenols is 2. The van der Waals surface area contributed by atoms with Crippen molar-refractivity contribution in [3.8, 4) is 11.5 Å². The van der Waals surface area contributed by atoms with E-state index in [-0.39, 0.29) is 29.0 Å². The van der Waals surface area contributed by atoms with E-state index >= 15 is 0 Å². The monoisotopic (exact) mass is 278 g/mol. The van der Waals surface area contributed by atoms with Crippen LogP contribution >= 0.6 is 0 Å². The molecule has 5 nitrogen and oxygen atoms in total. The smallest absolute Gasteiger partial charge is 0.261 e. The van der Waals surface area contributed by atoms with Crippen LogP contribution in [0.25, 0.3) is 0 Å². The zero-order chi connectivity index (χ0) is 14.7. The number of rotatable bonds is 3. The lowest BCUT2D eigenvalue weighted by Gasteiger charge is -2.34. The summed E-state index contributed by atoms with van der Waals surface area (Å²) in [7, 11) is 3.69. The van der Waals surface area contributed by atoms with Gasteiger partial charge in [-0.1, -0.05) is 6.07 Å². The summed E-state index contributed by atoms with van der Waals surface area (Å²) in [6, 6.07) is 5.02. The number of hydrogen-bond donors (Lipinski definition) is 3. The molecule has 5 heteroatoms. The molecule has 0 atom stereocenters. The number of nitrogens with one attached hydrogen (secondary N) is 1. The maximum Gasteiger partial charge on any atom is 0.261 e. The van der Waals surface area contributed by atoms with Crippen LogP contribution in [0.4, 0.5) is 0 Å². The van der Waals surface area contributed by atoms with E-state index in [1.165, 1.54) is 18.2 Å². The maximum atomic E-state index is 12.4. The van der Waals surface area contributed by atoms with Gasteiger partial charge in [0, 0.05) is 19.1 Å². The number of nitrogens with zero attached hydrogens (tertiary/aromatic N) is 1. The van der Waals surface area contributed by atoms with Crippen molar-refractivity contribution in [3.05, 3.63) is 23.8 Å². The van der Waals surface area contributed by atoms with Crippen LogP contribution in [0.15, 0.2) is 18.2 Å². The van der Waals surface area contributed by atoms with Gasteiger partial charge in [-0.05, 0) is 44.9 Å². The first kappa shape index (κ1) is 14.7. The maximum absolute atomic E-state index is 12.4. The summed E-state index contributed by atoms with van der Waals surface area (Å²) < 4.78 is 0. The van der Waals surface area contributed by atoms with Crippen molar-refractivity contribution < 1.29 is 15.0 Å². The third-order valence-electron chi connectivity index (χ3n) is 4.21. The molecule has 1 saturated carbocycles. The van der Waals surface area contributed by atoms with E-state index in [1.54, 1.807) is 11.9 Å². The molecular formula is C15H22N2O3. The fourth-order valence-corrected chi connectivity index (χ4v) is 2.84. The van der Waals surface area contributed by atoms with E-state index in [0.29, 0.717) is 6.04 Å². The lowest BCUT2D eigenvalue weighted by Crippen LogP contribution is -2.42. The van der Waals surface area contributed by atoms with Crippen LogP contribution in [0.2, 0.25) is 0 Å². The molecule has 1 aliphatic rings. The van der Waals surface area contributed by atoms with Crippen molar-refractivity contribution in [2.24, 2.45) is 0 Å². The van der Waals surface area contributed by atoms with Gasteiger partial charge in [-0.25, -0.2) is 0 Å². The minimum absolute atomic E-state index is 0.00857. The minimum Gasteiger partial charge on any atom is -0.507 e. The van der Waals surface area contributed by atoms with Crippen molar-refractivity contribution >= 4 is 5.91 Å². The molecule has 0 heterocycles. The third kappa shape index (κ3) is 2.88. The highest BCUT2D eigenvalue weighted by atomic mass is 16.3. The molecule has 0 unspecified atom stereocenters. The molecule has 1 fully saturated rings. The molecule has 0 aromatic heterocycles. The summed E-state index contributed by atoms with van der Waals surface area (Å²) in [5.74, 6) is -0.676. The Kier molecular flexibility index (Phi) is 4.49. The molecule has 1 aromatic rings. The van der Waals surface area contributed by atoms with Gasteiger partial charge in [-0.2, -0.15) is 0 Å². The Morgan fingerprint density at radius 1 is 1.20 bits per heavy atom. The van der Waals surface area contributed by atoms with Gasteiger partial charge in [0.2, 0.25) is 0 Å². The van der Waals surface area contributed by atoms with Crippen LogP contribution in [0.1, 0.15) is 36.0 Å². The van der Waals surface area contributed by atoms with Crippen molar-refractivity contribution in [1.82, 2.24) is 10.2 Å². The topological polar surface area (TPSA) is 72.8 Å². The Bertz CT molecular complexity index is 462. The van der Waals surface area contributed by atoms with Gasteiger partial charge in [-0.15, -0.1) is 0 Å². The fraction of sp³-hybridized carbons (Fsp3) is 0.533. The Hall–Kier alpha value is -1.75. The molecule has 1 aliphatic carbocycles. The normalized spacial score (nSPS) is 22.5. The highest BCUT2D eigenvalue weighted by Gasteiger charge is 2.28. The Morgan fingerprint density at radius 3 is 2.25 bits per heavy atom. The van der Waals surface area contributed by atoms with Crippen molar-refractivity contribution in [2.75, 3.05) is 14.1 Å². The first-order chi connectivity index (χ1) is 9.54. The number of carbonyl (C=O) groups excluding carboxylic acids is 1. The molecule has 0 bridgehead atoms. The SMILES string of the molecule is CNC1CCC(N(C)C(=O)c2c(O)cccc2O)CC1. The standard InChI is InChI=1S/C15H22N2O3/c1-16-10-6-8-11(9-7-10)17(2)15(20)14-12(18)4-3-5-13(14)19/h3-5,10-11,16,18-19H,6-9H2,1-2H3. The predicted octanol–water partition coefficient (Wildman–Crippen LogP) is 1.70. The summed E-state index contributed by atoms with van der Waals surface area (Å²) in [4.78, 5) is 14.1. The number of phenolic OH excluding ortho intramolecular Hbond substituents is 2. The third-order valence-corrected chi connectivity index (χ3v) is 4.21. The first-order valence-electron chi connectivity index (χ1n) is 7.00. The Balaban J connectivity index is 2.10. The largest absolute Gasteiger partial charge is 0.507 e. The molecule has 3 N–H and O–H groups in total. The number of amides is 1. The van der Waals surface area contributed by atoms with Crippen molar-refractivity contribution in [1.29, 1.82) is 0 Å². The van der Waals surface area contributed by atoms with E-state index in [2.05, 4.69) is 5.32 Å². The second kappa shape index (κ2) is 6.13. The number of aromatic hydroxyl groups is 2. The average Bonchev–Trinajstić information content (AvgIpc) is 2.46. The fourth-order valence-electron chi connectivity index (χ4n) is 2.84. The van der Waals surface area contributed by atoms with E-state index in [0.717, 1.165) is 25.7 Å². The van der Waals surface area contributed by atoms with Crippen LogP contribution in [0, 0.1) is 0 Å². The summed E-state index contributed by atoms with van der Waals surface area (Å²) in [6.45, 7) is 0. The molecule has 0 spiro atoms. The van der Waals surface area contributed by atoms with Crippen LogP contribution in [0.5, 0.6) is 11.5 Å². The van der Waals surface area contributed by atoms with Gasteiger partial charge < -0.3 is 20.4 Å². The van der Waals surface area contributed by atoms with Crippen LogP contribution in [-0.4, -0.2) is 47.2 Å². The average molecular weight is 278 g/mol. The van der Waals surface area contributed by atoms with Gasteiger partial charge in [-0.3, -0.25) is 4.79 Å². The second-order valence-corrected chi connectivity index (χ2v) is 5.38. The van der Waals surface area contributed by atoms with Gasteiger partial charge in [0.05, 0.1) is 0 Å². The van der Waals surface area contributed by atoms with Gasteiger partial charge in [0.15, 0.2) is 0 Å². The molecule has 0 aliphatic heterocycles. The molecule has 110 valence electrons. The van der Waals surface area contributed by atoms with Crippen LogP contribution in [0.3, 0.4) is 0 Å². The second-order valence-electron chi connectivity index (χ2n) is 5.38. The molecule has 2 rings (SSSR count). The Labute approximate surface area is 119 Å². The zero-order valence-electron chi connectivity index (χ0n) is 12.0. The lowest BCUT2D eigenvalue weighted by atomic mass is 9.90. The molecule has 1 aromatic carbocycles. The van der Waals surface area contributed by atoms with Gasteiger partial charge >= 0.3 is 0 Å². The molecule has 0 radical (unpaired) electrons. The van der Waals surface area contributed by atoms with Crippen LogP contribution in [-0.2, 0) is 0 Å². The van der Waals surface area contributed by atoms with Crippen LogP contribution < -0.4 is 5.32 Å². The van der Waals surface area contributed by atoms with E-state index in [1.807, 2.05) is 7.05 Å². The number of hydrogen-bond acceptors (Lipinski definition) is 4. The molecule has 20 heavy (non-hydrogen) atoms. The van der Waals surface area contributed by atoms with E-state index < -0.39 is 0 Å². The van der Waals surface area contributed by atoms with E-state index in [4.69, 9.17) is 0 Å². The van der Waals surface area contributed by atoms with Gasteiger partial charge in [0.25, 0.3) is 5.91 Å². The quantitative estimate of drug-likeness (QED) is 0.787. The van der Waals surface area contributed by atoms with E-state index in [9.17, 15) is 15.0 Å². The lowest BCUT2D eigenvalue weighted by molar-refractivity contribution is 0.0679. The minimum atomic E-state index is -0.325. The Morgan fingerprint density at radius 2 is 1.75 bits per heavy atom. The number of carbonyl (C=O) groups is 1. The summed E-state index contributed by atoms with van der Waals surface area (Å²) >= 11 is 0. The summed E-state index contributed by atoms with van der Waals surface area (Å²) in [6.07, 6.45) is 3.93. The zero-order valence-corrected chi connectivity index (χ0v) is 12.0. The highest BCUT2D eigenvalue weighted by molar-refractivity contribution is 5.99. The molecular weight excluding hydrogens is 256 g/mol. The van der Waals surface area contributed by atoms with Crippen molar-refractivity contribution in [2.45, 2.75) is 37.8 Å².